The highest BCUT2D eigenvalue weighted by molar-refractivity contribution is 6.10. The van der Waals surface area contributed by atoms with E-state index in [0.717, 1.165) is 17.7 Å². The van der Waals surface area contributed by atoms with Gasteiger partial charge in [0.05, 0.1) is 30.6 Å². The molecule has 10 atom stereocenters. The monoisotopic (exact) mass is 1270 g/mol. The Hall–Kier alpha value is -8.25. The third-order valence-electron chi connectivity index (χ3n) is 18.0. The van der Waals surface area contributed by atoms with E-state index in [2.05, 4.69) is 16.0 Å². The first-order chi connectivity index (χ1) is 42.6. The maximum absolute atomic E-state index is 15.0. The minimum Gasteiger partial charge on any atom is -0.460 e. The van der Waals surface area contributed by atoms with Gasteiger partial charge in [-0.2, -0.15) is 0 Å². The van der Waals surface area contributed by atoms with Crippen LogP contribution in [0, 0.1) is 49.4 Å². The fraction of sp³-hybridized carbons (Fsp3) is 0.621. The SMILES string of the molecule is Cc1c2oc3c(C)ccc(C(=O)CC(C(=O)NC(C(=O)N4CCCC4C)C(C)C)C(C)OC(=O)C(C(C)C)N(C)C(=O)CN(C)C=O)c3cc-2cc(NC(=O)CC2C(=O)NC(C(C)C)C(=O)N3CCCC3C(=O)N(C)CC(=O)N(C)C(C(C)C)C(=O)OC2C)c1=O. The van der Waals surface area contributed by atoms with E-state index in [1.165, 1.54) is 80.7 Å². The van der Waals surface area contributed by atoms with Crippen molar-refractivity contribution >= 4 is 88.0 Å². The van der Waals surface area contributed by atoms with Crippen LogP contribution in [-0.2, 0) is 62.2 Å². The standard InChI is InChI=1S/C66H93N9O16/c1-33(2)53(63(85)74-24-18-20-38(74)10)68-60(82)44(40(12)89-65(87)55(35(5)6)72(16)51(79)30-70(14)32-76)28-49(77)43-23-22-37(9)58-46(43)26-42-27-47(57(81)39(11)59(42)91-58)67-50(78)29-45-41(13)90-66(88)56(36(7)8)73(17)52(80)31-71(15)62(84)48-21-19-25-75(48)64(86)54(34(3)4)69-61(45)83/h22-23,26-27,32-36,38,40-41,44-45,48,53-56H,18-21,24-25,28-31H2,1-17H3,(H,67,78)(H,68,82)(H,69,83). The molecule has 1 aromatic rings. The number of ether oxygens (including phenoxy) is 2. The molecule has 0 bridgehead atoms. The number of likely N-dealkylation sites (N-methyl/N-ethyl adjacent to an activating group) is 4. The van der Waals surface area contributed by atoms with Crippen molar-refractivity contribution in [3.8, 4) is 11.3 Å². The number of cyclic esters (lactones) is 1. The Kier molecular flexibility index (Phi) is 23.9. The molecule has 3 saturated heterocycles. The lowest BCUT2D eigenvalue weighted by molar-refractivity contribution is -0.165. The third-order valence-corrected chi connectivity index (χ3v) is 18.0. The van der Waals surface area contributed by atoms with Crippen LogP contribution in [0.5, 0.6) is 0 Å². The summed E-state index contributed by atoms with van der Waals surface area (Å²) in [5.41, 5.74) is 0.224. The van der Waals surface area contributed by atoms with E-state index in [4.69, 9.17) is 13.9 Å². The van der Waals surface area contributed by atoms with E-state index in [0.29, 0.717) is 31.4 Å². The van der Waals surface area contributed by atoms with Gasteiger partial charge in [0.2, 0.25) is 59.1 Å². The number of amides is 9. The van der Waals surface area contributed by atoms with Gasteiger partial charge >= 0.3 is 11.9 Å². The Morgan fingerprint density at radius 3 is 2.10 bits per heavy atom. The van der Waals surface area contributed by atoms with E-state index in [-0.39, 0.29) is 64.1 Å². The molecule has 4 heterocycles. The van der Waals surface area contributed by atoms with Crippen molar-refractivity contribution in [2.45, 2.75) is 177 Å². The smallest absolute Gasteiger partial charge is 0.329 e. The molecule has 9 amide bonds. The zero-order valence-corrected chi connectivity index (χ0v) is 55.8. The predicted octanol–water partition coefficient (Wildman–Crippen LogP) is 4.32. The number of Topliss-reactive ketones (excluding diaryl/α,β-unsaturated/α-hetero) is 1. The van der Waals surface area contributed by atoms with Crippen LogP contribution in [0.25, 0.3) is 22.3 Å². The number of carbonyl (C=O) groups is 12. The number of nitrogens with one attached hydrogen (secondary N) is 3. The lowest BCUT2D eigenvalue weighted by Crippen LogP contribution is -2.58. The molecule has 25 heteroatoms. The lowest BCUT2D eigenvalue weighted by Gasteiger charge is -2.36. The molecule has 5 aliphatic rings. The van der Waals surface area contributed by atoms with Crippen molar-refractivity contribution in [2.24, 2.45) is 35.5 Å². The van der Waals surface area contributed by atoms with Crippen LogP contribution < -0.4 is 21.4 Å². The Bertz CT molecular complexity index is 3320. The highest BCUT2D eigenvalue weighted by atomic mass is 16.6. The highest BCUT2D eigenvalue weighted by Gasteiger charge is 2.45. The number of ketones is 1. The fourth-order valence-electron chi connectivity index (χ4n) is 12.5. The average molecular weight is 1270 g/mol. The number of rotatable bonds is 20. The summed E-state index contributed by atoms with van der Waals surface area (Å²) in [5, 5.41) is 8.56. The summed E-state index contributed by atoms with van der Waals surface area (Å²) < 4.78 is 18.4. The van der Waals surface area contributed by atoms with Gasteiger partial charge in [-0.15, -0.1) is 0 Å². The summed E-state index contributed by atoms with van der Waals surface area (Å²) in [6, 6.07) is 0.529. The number of esters is 2. The van der Waals surface area contributed by atoms with Crippen molar-refractivity contribution in [3.63, 3.8) is 0 Å². The van der Waals surface area contributed by atoms with Gasteiger partial charge in [0.1, 0.15) is 53.8 Å². The van der Waals surface area contributed by atoms with Gasteiger partial charge in [0, 0.05) is 82.2 Å². The number of nitrogens with zero attached hydrogens (tertiary/aromatic N) is 6. The lowest BCUT2D eigenvalue weighted by atomic mass is 9.89. The van der Waals surface area contributed by atoms with Crippen LogP contribution in [0.15, 0.2) is 33.5 Å². The van der Waals surface area contributed by atoms with Crippen LogP contribution in [-0.4, -0.2) is 204 Å². The molecule has 0 spiro atoms. The Morgan fingerprint density at radius 1 is 0.846 bits per heavy atom. The van der Waals surface area contributed by atoms with Crippen molar-refractivity contribution in [1.29, 1.82) is 0 Å². The summed E-state index contributed by atoms with van der Waals surface area (Å²) in [6.07, 6.45) is -1.11. The summed E-state index contributed by atoms with van der Waals surface area (Å²) in [5.74, 6) is -12.1. The van der Waals surface area contributed by atoms with Gasteiger partial charge in [0.15, 0.2) is 5.78 Å². The largest absolute Gasteiger partial charge is 0.460 e. The summed E-state index contributed by atoms with van der Waals surface area (Å²) in [6.45, 7) is 21.7. The molecule has 0 radical (unpaired) electrons. The second-order valence-corrected chi connectivity index (χ2v) is 26.4. The van der Waals surface area contributed by atoms with Gasteiger partial charge in [-0.1, -0.05) is 67.5 Å². The molecular formula is C66H93N9O16. The summed E-state index contributed by atoms with van der Waals surface area (Å²) >= 11 is 0. The van der Waals surface area contributed by atoms with Gasteiger partial charge in [-0.25, -0.2) is 9.59 Å². The molecular weight excluding hydrogens is 1170 g/mol. The maximum Gasteiger partial charge on any atom is 0.329 e. The molecule has 498 valence electrons. The number of hydrogen-bond donors (Lipinski definition) is 3. The van der Waals surface area contributed by atoms with Gasteiger partial charge in [-0.05, 0) is 102 Å². The average Bonchev–Trinajstić information content (AvgIpc) is 1.40. The molecule has 1 aliphatic carbocycles. The molecule has 25 nitrogen and oxygen atoms in total. The topological polar surface area (TPSA) is 309 Å². The van der Waals surface area contributed by atoms with Gasteiger partial charge in [0.25, 0.3) is 0 Å². The van der Waals surface area contributed by atoms with Crippen LogP contribution in [0.1, 0.15) is 136 Å². The minimum absolute atomic E-state index is 0.0601. The van der Waals surface area contributed by atoms with Crippen LogP contribution >= 0.6 is 0 Å². The second kappa shape index (κ2) is 30.2. The number of fused-ring (bicyclic) bond motifs is 3. The number of likely N-dealkylation sites (tertiary alicyclic amines) is 1. The predicted molar refractivity (Wildman–Crippen MR) is 337 cm³/mol. The van der Waals surface area contributed by atoms with E-state index in [9.17, 15) is 57.5 Å². The first-order valence-corrected chi connectivity index (χ1v) is 31.5. The molecule has 91 heavy (non-hydrogen) atoms. The Morgan fingerprint density at radius 2 is 1.51 bits per heavy atom. The molecule has 3 fully saturated rings. The van der Waals surface area contributed by atoms with Crippen LogP contribution in [0.3, 0.4) is 0 Å². The molecule has 3 N–H and O–H groups in total. The van der Waals surface area contributed by atoms with E-state index < -0.39 is 162 Å². The maximum atomic E-state index is 15.0. The highest BCUT2D eigenvalue weighted by Crippen LogP contribution is 2.36. The fourth-order valence-corrected chi connectivity index (χ4v) is 12.5. The molecule has 10 unspecified atom stereocenters. The normalized spacial score (nSPS) is 21.8. The third kappa shape index (κ3) is 16.3. The first kappa shape index (κ1) is 71.8. The number of anilines is 1. The minimum atomic E-state index is -1.49. The number of carbonyl (C=O) groups excluding carboxylic acids is 12. The molecule has 6 rings (SSSR count). The first-order valence-electron chi connectivity index (χ1n) is 31.5. The van der Waals surface area contributed by atoms with Crippen LogP contribution in [0.4, 0.5) is 5.69 Å². The van der Waals surface area contributed by atoms with Crippen molar-refractivity contribution in [2.75, 3.05) is 59.7 Å². The summed E-state index contributed by atoms with van der Waals surface area (Å²) in [7, 11) is 5.66. The zero-order valence-electron chi connectivity index (χ0n) is 55.8. The second-order valence-electron chi connectivity index (χ2n) is 26.4. The molecule has 4 aliphatic heterocycles. The zero-order chi connectivity index (χ0) is 67.9. The van der Waals surface area contributed by atoms with Crippen molar-refractivity contribution < 1.29 is 71.4 Å². The summed E-state index contributed by atoms with van der Waals surface area (Å²) in [4.78, 5) is 190. The molecule has 1 aromatic carbocycles. The van der Waals surface area contributed by atoms with Gasteiger partial charge < -0.3 is 59.2 Å². The number of aryl methyl sites for hydroxylation is 1. The molecule has 0 saturated carbocycles. The Labute approximate surface area is 532 Å². The van der Waals surface area contributed by atoms with E-state index in [1.54, 1.807) is 79.3 Å². The Balaban J connectivity index is 1.36. The van der Waals surface area contributed by atoms with Gasteiger partial charge in [-0.3, -0.25) is 52.7 Å². The van der Waals surface area contributed by atoms with Crippen molar-refractivity contribution in [1.82, 2.24) is 40.0 Å². The van der Waals surface area contributed by atoms with Crippen molar-refractivity contribution in [3.05, 3.63) is 51.2 Å². The van der Waals surface area contributed by atoms with Crippen LogP contribution in [0.2, 0.25) is 0 Å². The quantitative estimate of drug-likeness (QED) is 0.0614. The number of benzene rings is 2. The number of hydrogen-bond acceptors (Lipinski definition) is 16. The van der Waals surface area contributed by atoms with E-state index in [1.807, 2.05) is 6.92 Å². The van der Waals surface area contributed by atoms with E-state index >= 15 is 4.79 Å². The molecule has 0 aromatic heterocycles.